The first kappa shape index (κ1) is 18.6. The van der Waals surface area contributed by atoms with E-state index in [-0.39, 0.29) is 0 Å². The fourth-order valence-corrected chi connectivity index (χ4v) is 3.77. The summed E-state index contributed by atoms with van der Waals surface area (Å²) in [5.74, 6) is -0.757. The summed E-state index contributed by atoms with van der Waals surface area (Å²) < 4.78 is 52.7. The van der Waals surface area contributed by atoms with E-state index in [1.165, 1.54) is 7.11 Å². The van der Waals surface area contributed by atoms with Gasteiger partial charge in [-0.05, 0) is 36.8 Å². The van der Waals surface area contributed by atoms with Crippen molar-refractivity contribution in [2.24, 2.45) is 0 Å². The van der Waals surface area contributed by atoms with Crippen molar-refractivity contribution in [3.05, 3.63) is 65.4 Å². The number of benzene rings is 2. The van der Waals surface area contributed by atoms with Crippen molar-refractivity contribution >= 4 is 16.6 Å². The molecule has 1 aromatic heterocycles. The van der Waals surface area contributed by atoms with Gasteiger partial charge in [-0.25, -0.2) is 0 Å². The highest BCUT2D eigenvalue weighted by Gasteiger charge is 2.71. The molecule has 1 saturated heterocycles. The van der Waals surface area contributed by atoms with Crippen LogP contribution in [-0.2, 0) is 4.74 Å². The summed E-state index contributed by atoms with van der Waals surface area (Å²) >= 11 is 0. The number of alkyl halides is 3. The molecule has 0 radical (unpaired) electrons. The number of methoxy groups -OCH3 is 1. The number of anilines is 1. The number of aromatic nitrogens is 1. The summed E-state index contributed by atoms with van der Waals surface area (Å²) in [6.45, 7) is 1.29. The quantitative estimate of drug-likeness (QED) is 0.524. The van der Waals surface area contributed by atoms with Gasteiger partial charge < -0.3 is 15.2 Å². The van der Waals surface area contributed by atoms with E-state index in [0.717, 1.165) is 0 Å². The Labute approximate surface area is 160 Å². The molecule has 1 aliphatic heterocycles. The number of ether oxygens (including phenoxy) is 2. The van der Waals surface area contributed by atoms with Crippen LogP contribution in [-0.4, -0.2) is 30.5 Å². The minimum Gasteiger partial charge on any atom is -0.496 e. The highest BCUT2D eigenvalue weighted by Crippen LogP contribution is 2.57. The Bertz CT molecular complexity index is 1050. The number of nitrogens with two attached hydrogens (primary N) is 1. The first-order chi connectivity index (χ1) is 13.3. The number of fused-ring (bicyclic) bond motifs is 1. The number of epoxide rings is 1. The number of hydrogen-bond donors (Lipinski definition) is 1. The van der Waals surface area contributed by atoms with Crippen LogP contribution in [0.1, 0.15) is 22.7 Å². The summed E-state index contributed by atoms with van der Waals surface area (Å²) in [6.07, 6.45) is -4.55. The third-order valence-electron chi connectivity index (χ3n) is 5.29. The molecule has 146 valence electrons. The molecule has 2 atom stereocenters. The minimum atomic E-state index is -4.55. The van der Waals surface area contributed by atoms with Crippen molar-refractivity contribution in [3.8, 4) is 5.75 Å². The largest absolute Gasteiger partial charge is 0.496 e. The number of para-hydroxylation sites is 1. The molecule has 28 heavy (non-hydrogen) atoms. The van der Waals surface area contributed by atoms with E-state index in [9.17, 15) is 13.2 Å². The molecule has 3 aromatic rings. The average molecular weight is 388 g/mol. The number of aryl methyl sites for hydroxylation is 1. The maximum Gasteiger partial charge on any atom is 0.420 e. The lowest BCUT2D eigenvalue weighted by molar-refractivity contribution is -0.187. The Morgan fingerprint density at radius 2 is 1.86 bits per heavy atom. The number of pyridine rings is 1. The average Bonchev–Trinajstić information content (AvgIpc) is 3.45. The van der Waals surface area contributed by atoms with Crippen LogP contribution in [0.15, 0.2) is 48.5 Å². The Hall–Kier alpha value is -2.80. The lowest BCUT2D eigenvalue weighted by Gasteiger charge is -2.29. The Kier molecular flexibility index (Phi) is 4.23. The van der Waals surface area contributed by atoms with Gasteiger partial charge in [0.2, 0.25) is 0 Å². The SMILES string of the molecule is COc1ccccc1C(c1cc2c(N)cccc2nc1C)C1(C(F)(F)F)CO1. The molecule has 0 amide bonds. The van der Waals surface area contributed by atoms with Crippen molar-refractivity contribution in [2.75, 3.05) is 19.5 Å². The number of rotatable bonds is 4. The fraction of sp³-hybridized carbons (Fsp3) is 0.286. The molecule has 0 spiro atoms. The molecule has 1 fully saturated rings. The van der Waals surface area contributed by atoms with E-state index in [1.807, 2.05) is 0 Å². The number of halogens is 3. The molecule has 0 saturated carbocycles. The van der Waals surface area contributed by atoms with E-state index in [2.05, 4.69) is 4.98 Å². The van der Waals surface area contributed by atoms with Gasteiger partial charge in [-0.15, -0.1) is 0 Å². The maximum absolute atomic E-state index is 14.1. The third kappa shape index (κ3) is 2.77. The first-order valence-corrected chi connectivity index (χ1v) is 8.78. The molecule has 7 heteroatoms. The highest BCUT2D eigenvalue weighted by molar-refractivity contribution is 5.91. The smallest absolute Gasteiger partial charge is 0.420 e. The van der Waals surface area contributed by atoms with Gasteiger partial charge >= 0.3 is 6.18 Å². The molecule has 0 aliphatic carbocycles. The molecule has 1 aliphatic rings. The lowest BCUT2D eigenvalue weighted by Crippen LogP contribution is -2.40. The maximum atomic E-state index is 14.1. The summed E-state index contributed by atoms with van der Waals surface area (Å²) in [6, 6.07) is 13.6. The Morgan fingerprint density at radius 1 is 1.14 bits per heavy atom. The van der Waals surface area contributed by atoms with Crippen LogP contribution in [0, 0.1) is 6.92 Å². The molecule has 4 nitrogen and oxygen atoms in total. The highest BCUT2D eigenvalue weighted by atomic mass is 19.4. The monoisotopic (exact) mass is 388 g/mol. The Balaban J connectivity index is 2.01. The summed E-state index contributed by atoms with van der Waals surface area (Å²) in [5, 5.41) is 0.612. The topological polar surface area (TPSA) is 60.7 Å². The van der Waals surface area contributed by atoms with Crippen LogP contribution in [0.25, 0.3) is 10.9 Å². The molecular weight excluding hydrogens is 369 g/mol. The minimum absolute atomic E-state index is 0.368. The van der Waals surface area contributed by atoms with Gasteiger partial charge in [-0.3, -0.25) is 4.98 Å². The zero-order chi connectivity index (χ0) is 20.1. The second-order valence-electron chi connectivity index (χ2n) is 6.93. The van der Waals surface area contributed by atoms with Crippen molar-refractivity contribution in [1.82, 2.24) is 4.98 Å². The molecule has 4 rings (SSSR count). The zero-order valence-electron chi connectivity index (χ0n) is 15.4. The standard InChI is InChI=1S/C21H19F3N2O2/c1-12-14(10-15-16(25)7-5-8-17(15)26-12)19(20(11-28-20)21(22,23)24)13-6-3-4-9-18(13)27-2/h3-10,19H,11,25H2,1-2H3. The van der Waals surface area contributed by atoms with Crippen LogP contribution in [0.4, 0.5) is 18.9 Å². The van der Waals surface area contributed by atoms with E-state index in [0.29, 0.717) is 39.2 Å². The van der Waals surface area contributed by atoms with E-state index < -0.39 is 24.3 Å². The number of nitrogen functional groups attached to an aromatic ring is 1. The van der Waals surface area contributed by atoms with E-state index in [1.54, 1.807) is 55.5 Å². The first-order valence-electron chi connectivity index (χ1n) is 8.78. The summed E-state index contributed by atoms with van der Waals surface area (Å²) in [4.78, 5) is 4.52. The van der Waals surface area contributed by atoms with Crippen molar-refractivity contribution < 1.29 is 22.6 Å². The van der Waals surface area contributed by atoms with Crippen molar-refractivity contribution in [3.63, 3.8) is 0 Å². The number of hydrogen-bond acceptors (Lipinski definition) is 4. The van der Waals surface area contributed by atoms with Crippen molar-refractivity contribution in [1.29, 1.82) is 0 Å². The molecule has 2 N–H and O–H groups in total. The second kappa shape index (κ2) is 6.38. The van der Waals surface area contributed by atoms with Gasteiger partial charge in [-0.1, -0.05) is 24.3 Å². The predicted octanol–water partition coefficient (Wildman–Crippen LogP) is 4.60. The van der Waals surface area contributed by atoms with Crippen LogP contribution >= 0.6 is 0 Å². The van der Waals surface area contributed by atoms with Crippen molar-refractivity contribution in [2.45, 2.75) is 24.6 Å². The molecule has 2 aromatic carbocycles. The van der Waals surface area contributed by atoms with E-state index in [4.69, 9.17) is 15.2 Å². The molecule has 2 heterocycles. The molecule has 2 unspecified atom stereocenters. The second-order valence-corrected chi connectivity index (χ2v) is 6.93. The van der Waals surface area contributed by atoms with Gasteiger partial charge in [-0.2, -0.15) is 13.2 Å². The fourth-order valence-electron chi connectivity index (χ4n) is 3.77. The lowest BCUT2D eigenvalue weighted by atomic mass is 9.78. The van der Waals surface area contributed by atoms with Gasteiger partial charge in [0.15, 0.2) is 5.60 Å². The Morgan fingerprint density at radius 3 is 2.50 bits per heavy atom. The van der Waals surface area contributed by atoms with Gasteiger partial charge in [0, 0.05) is 22.3 Å². The van der Waals surface area contributed by atoms with Gasteiger partial charge in [0.05, 0.1) is 25.2 Å². The molecule has 0 bridgehead atoms. The zero-order valence-corrected chi connectivity index (χ0v) is 15.4. The van der Waals surface area contributed by atoms with Crippen LogP contribution in [0.2, 0.25) is 0 Å². The van der Waals surface area contributed by atoms with Crippen LogP contribution < -0.4 is 10.5 Å². The summed E-state index contributed by atoms with van der Waals surface area (Å²) in [5.41, 5.74) is 6.16. The van der Waals surface area contributed by atoms with Gasteiger partial charge in [0.25, 0.3) is 0 Å². The van der Waals surface area contributed by atoms with Crippen LogP contribution in [0.3, 0.4) is 0 Å². The summed E-state index contributed by atoms with van der Waals surface area (Å²) in [7, 11) is 1.44. The predicted molar refractivity (Wildman–Crippen MR) is 100 cm³/mol. The normalized spacial score (nSPS) is 20.2. The molecular formula is C21H19F3N2O2. The van der Waals surface area contributed by atoms with E-state index >= 15 is 0 Å². The third-order valence-corrected chi connectivity index (χ3v) is 5.29. The number of nitrogens with zero attached hydrogens (tertiary/aromatic N) is 1. The van der Waals surface area contributed by atoms with Gasteiger partial charge in [0.1, 0.15) is 5.75 Å². The van der Waals surface area contributed by atoms with Crippen LogP contribution in [0.5, 0.6) is 5.75 Å².